The highest BCUT2D eigenvalue weighted by atomic mass is 16.3. The molecule has 0 amide bonds. The number of nitriles is 1. The lowest BCUT2D eigenvalue weighted by Gasteiger charge is -2.21. The van der Waals surface area contributed by atoms with E-state index in [0.29, 0.717) is 12.1 Å². The molecule has 0 atom stereocenters. The molecule has 0 bridgehead atoms. The van der Waals surface area contributed by atoms with Gasteiger partial charge in [-0.1, -0.05) is 31.9 Å². The van der Waals surface area contributed by atoms with Gasteiger partial charge in [-0.15, -0.1) is 0 Å². The minimum absolute atomic E-state index is 0.197. The van der Waals surface area contributed by atoms with Gasteiger partial charge in [0, 0.05) is 13.1 Å². The van der Waals surface area contributed by atoms with Crippen LogP contribution in [0.15, 0.2) is 24.3 Å². The molecule has 0 aliphatic rings. The number of hydrogen-bond donors (Lipinski definition) is 1. The van der Waals surface area contributed by atoms with Crippen molar-refractivity contribution in [1.82, 2.24) is 4.90 Å². The van der Waals surface area contributed by atoms with Gasteiger partial charge >= 0.3 is 0 Å². The Morgan fingerprint density at radius 3 is 2.44 bits per heavy atom. The third kappa shape index (κ3) is 5.31. The number of hydrogen-bond acceptors (Lipinski definition) is 3. The summed E-state index contributed by atoms with van der Waals surface area (Å²) in [6.07, 6.45) is 3.62. The molecule has 18 heavy (non-hydrogen) atoms. The molecule has 0 saturated heterocycles. The summed E-state index contributed by atoms with van der Waals surface area (Å²) in [5, 5.41) is 17.8. The van der Waals surface area contributed by atoms with Crippen molar-refractivity contribution in [2.45, 2.75) is 32.7 Å². The first-order valence-electron chi connectivity index (χ1n) is 6.62. The molecule has 1 N–H and O–H groups in total. The zero-order valence-corrected chi connectivity index (χ0v) is 11.1. The Balaban J connectivity index is 2.50. The van der Waals surface area contributed by atoms with Gasteiger partial charge in [-0.2, -0.15) is 5.26 Å². The van der Waals surface area contributed by atoms with Crippen molar-refractivity contribution in [2.75, 3.05) is 19.7 Å². The highest BCUT2D eigenvalue weighted by Crippen LogP contribution is 2.08. The maximum Gasteiger partial charge on any atom is 0.0991 e. The molecule has 0 aromatic heterocycles. The Kier molecular flexibility index (Phi) is 7.09. The quantitative estimate of drug-likeness (QED) is 0.717. The predicted octanol–water partition coefficient (Wildman–Crippen LogP) is 2.54. The molecular formula is C15H22N2O. The summed E-state index contributed by atoms with van der Waals surface area (Å²) in [4.78, 5) is 2.26. The van der Waals surface area contributed by atoms with Gasteiger partial charge in [0.2, 0.25) is 0 Å². The summed E-state index contributed by atoms with van der Waals surface area (Å²) in [5.74, 6) is 0. The molecule has 3 heteroatoms. The molecule has 0 unspecified atom stereocenters. The van der Waals surface area contributed by atoms with Crippen molar-refractivity contribution in [3.8, 4) is 6.07 Å². The normalized spacial score (nSPS) is 10.6. The Hall–Kier alpha value is -1.37. The predicted molar refractivity (Wildman–Crippen MR) is 73.0 cm³/mol. The van der Waals surface area contributed by atoms with E-state index in [-0.39, 0.29) is 6.61 Å². The zero-order valence-electron chi connectivity index (χ0n) is 11.1. The van der Waals surface area contributed by atoms with Crippen LogP contribution in [-0.4, -0.2) is 29.7 Å². The average molecular weight is 246 g/mol. The van der Waals surface area contributed by atoms with E-state index in [1.54, 1.807) is 0 Å². The molecule has 0 saturated carbocycles. The van der Waals surface area contributed by atoms with Crippen molar-refractivity contribution in [2.24, 2.45) is 0 Å². The standard InChI is InChI=1S/C15H22N2O/c1-2-3-4-9-17(10-11-18)13-15-7-5-14(12-16)6-8-15/h5-8,18H,2-4,9-11,13H2,1H3. The Labute approximate surface area is 110 Å². The molecular weight excluding hydrogens is 224 g/mol. The Bertz CT molecular complexity index is 367. The fourth-order valence-electron chi connectivity index (χ4n) is 1.94. The van der Waals surface area contributed by atoms with Gasteiger partial charge in [-0.05, 0) is 30.7 Å². The van der Waals surface area contributed by atoms with E-state index in [0.717, 1.165) is 13.1 Å². The number of rotatable bonds is 8. The molecule has 0 radical (unpaired) electrons. The highest BCUT2D eigenvalue weighted by molar-refractivity contribution is 5.31. The summed E-state index contributed by atoms with van der Waals surface area (Å²) < 4.78 is 0. The number of nitrogens with zero attached hydrogens (tertiary/aromatic N) is 2. The first-order valence-corrected chi connectivity index (χ1v) is 6.62. The largest absolute Gasteiger partial charge is 0.395 e. The molecule has 0 fully saturated rings. The average Bonchev–Trinajstić information content (AvgIpc) is 2.40. The fraction of sp³-hybridized carbons (Fsp3) is 0.533. The van der Waals surface area contributed by atoms with Crippen molar-refractivity contribution >= 4 is 0 Å². The minimum Gasteiger partial charge on any atom is -0.395 e. The second kappa shape index (κ2) is 8.68. The third-order valence-electron chi connectivity index (χ3n) is 2.98. The third-order valence-corrected chi connectivity index (χ3v) is 2.98. The van der Waals surface area contributed by atoms with Crippen LogP contribution < -0.4 is 0 Å². The van der Waals surface area contributed by atoms with Crippen LogP contribution in [0.3, 0.4) is 0 Å². The first kappa shape index (κ1) is 14.7. The van der Waals surface area contributed by atoms with Gasteiger partial charge in [-0.3, -0.25) is 4.90 Å². The SMILES string of the molecule is CCCCCN(CCO)Cc1ccc(C#N)cc1. The van der Waals surface area contributed by atoms with E-state index in [1.165, 1.54) is 24.8 Å². The maximum absolute atomic E-state index is 9.07. The van der Waals surface area contributed by atoms with E-state index in [2.05, 4.69) is 17.9 Å². The van der Waals surface area contributed by atoms with Crippen LogP contribution in [-0.2, 0) is 6.54 Å². The lowest BCUT2D eigenvalue weighted by atomic mass is 10.1. The van der Waals surface area contributed by atoms with E-state index in [4.69, 9.17) is 10.4 Å². The second-order valence-corrected chi connectivity index (χ2v) is 4.52. The van der Waals surface area contributed by atoms with E-state index in [9.17, 15) is 0 Å². The van der Waals surface area contributed by atoms with Gasteiger partial charge in [0.15, 0.2) is 0 Å². The van der Waals surface area contributed by atoms with Gasteiger partial charge in [-0.25, -0.2) is 0 Å². The summed E-state index contributed by atoms with van der Waals surface area (Å²) >= 11 is 0. The van der Waals surface area contributed by atoms with Crippen LogP contribution in [0.2, 0.25) is 0 Å². The molecule has 1 aromatic carbocycles. The van der Waals surface area contributed by atoms with Gasteiger partial charge < -0.3 is 5.11 Å². The molecule has 0 aliphatic heterocycles. The lowest BCUT2D eigenvalue weighted by molar-refractivity contribution is 0.187. The van der Waals surface area contributed by atoms with Crippen molar-refractivity contribution in [3.05, 3.63) is 35.4 Å². The molecule has 0 aliphatic carbocycles. The smallest absolute Gasteiger partial charge is 0.0991 e. The lowest BCUT2D eigenvalue weighted by Crippen LogP contribution is -2.27. The van der Waals surface area contributed by atoms with E-state index < -0.39 is 0 Å². The van der Waals surface area contributed by atoms with Crippen LogP contribution >= 0.6 is 0 Å². The summed E-state index contributed by atoms with van der Waals surface area (Å²) in [6.45, 7) is 4.97. The Morgan fingerprint density at radius 2 is 1.89 bits per heavy atom. The van der Waals surface area contributed by atoms with Crippen molar-refractivity contribution in [1.29, 1.82) is 5.26 Å². The van der Waals surface area contributed by atoms with Crippen LogP contribution in [0.25, 0.3) is 0 Å². The van der Waals surface area contributed by atoms with Crippen molar-refractivity contribution < 1.29 is 5.11 Å². The summed E-state index contributed by atoms with van der Waals surface area (Å²) in [5.41, 5.74) is 1.89. The van der Waals surface area contributed by atoms with Gasteiger partial charge in [0.25, 0.3) is 0 Å². The molecule has 3 nitrogen and oxygen atoms in total. The number of benzene rings is 1. The molecule has 0 heterocycles. The topological polar surface area (TPSA) is 47.3 Å². The minimum atomic E-state index is 0.197. The van der Waals surface area contributed by atoms with E-state index in [1.807, 2.05) is 24.3 Å². The van der Waals surface area contributed by atoms with Crippen LogP contribution in [0.4, 0.5) is 0 Å². The second-order valence-electron chi connectivity index (χ2n) is 4.52. The van der Waals surface area contributed by atoms with Crippen LogP contribution in [0.1, 0.15) is 37.3 Å². The fourth-order valence-corrected chi connectivity index (χ4v) is 1.94. The number of unbranched alkanes of at least 4 members (excludes halogenated alkanes) is 2. The van der Waals surface area contributed by atoms with Crippen LogP contribution in [0.5, 0.6) is 0 Å². The Morgan fingerprint density at radius 1 is 1.17 bits per heavy atom. The maximum atomic E-state index is 9.07. The number of aliphatic hydroxyl groups is 1. The monoisotopic (exact) mass is 246 g/mol. The van der Waals surface area contributed by atoms with E-state index >= 15 is 0 Å². The number of aliphatic hydroxyl groups excluding tert-OH is 1. The summed E-state index contributed by atoms with van der Waals surface area (Å²) in [6, 6.07) is 9.79. The van der Waals surface area contributed by atoms with Crippen molar-refractivity contribution in [3.63, 3.8) is 0 Å². The highest BCUT2D eigenvalue weighted by Gasteiger charge is 2.05. The van der Waals surface area contributed by atoms with Crippen LogP contribution in [0, 0.1) is 11.3 Å². The summed E-state index contributed by atoms with van der Waals surface area (Å²) in [7, 11) is 0. The van der Waals surface area contributed by atoms with Gasteiger partial charge in [0.1, 0.15) is 0 Å². The molecule has 0 spiro atoms. The molecule has 98 valence electrons. The molecule has 1 aromatic rings. The first-order chi connectivity index (χ1) is 8.80. The zero-order chi connectivity index (χ0) is 13.2. The molecule has 1 rings (SSSR count). The van der Waals surface area contributed by atoms with Gasteiger partial charge in [0.05, 0.1) is 18.2 Å².